The molecule has 0 aliphatic rings. The summed E-state index contributed by atoms with van der Waals surface area (Å²) < 4.78 is 2.83. The van der Waals surface area contributed by atoms with Crippen LogP contribution in [0, 0.1) is 6.92 Å². The molecule has 0 saturated heterocycles. The van der Waals surface area contributed by atoms with Crippen LogP contribution in [-0.4, -0.2) is 20.2 Å². The Morgan fingerprint density at radius 3 is 2.76 bits per heavy atom. The van der Waals surface area contributed by atoms with Crippen molar-refractivity contribution in [2.24, 2.45) is 0 Å². The number of hydrogen-bond acceptors (Lipinski definition) is 4. The third kappa shape index (κ3) is 2.80. The fourth-order valence-electron chi connectivity index (χ4n) is 2.23. The molecule has 6 heteroatoms. The van der Waals surface area contributed by atoms with Crippen LogP contribution in [0.5, 0.6) is 0 Å². The zero-order valence-electron chi connectivity index (χ0n) is 11.5. The lowest BCUT2D eigenvalue weighted by Crippen LogP contribution is -2.05. The van der Waals surface area contributed by atoms with Crippen LogP contribution in [-0.2, 0) is 6.54 Å². The minimum absolute atomic E-state index is 0.605. The van der Waals surface area contributed by atoms with Gasteiger partial charge in [-0.25, -0.2) is 4.68 Å². The molecular formula is C15H14BrN5. The smallest absolute Gasteiger partial charge is 0.182 e. The molecular weight excluding hydrogens is 330 g/mol. The fraction of sp³-hybridized carbons (Fsp3) is 0.133. The van der Waals surface area contributed by atoms with E-state index in [4.69, 9.17) is 5.73 Å². The third-order valence-corrected chi connectivity index (χ3v) is 4.07. The number of nitrogens with two attached hydrogens (primary N) is 1. The summed E-state index contributed by atoms with van der Waals surface area (Å²) in [4.78, 5) is 0. The summed E-state index contributed by atoms with van der Waals surface area (Å²) in [7, 11) is 0. The van der Waals surface area contributed by atoms with E-state index in [0.29, 0.717) is 6.54 Å². The summed E-state index contributed by atoms with van der Waals surface area (Å²) >= 11 is 3.55. The van der Waals surface area contributed by atoms with Crippen molar-refractivity contribution >= 4 is 21.6 Å². The van der Waals surface area contributed by atoms with Crippen molar-refractivity contribution in [1.82, 2.24) is 20.2 Å². The maximum Gasteiger partial charge on any atom is 0.182 e. The first-order valence-electron chi connectivity index (χ1n) is 6.51. The lowest BCUT2D eigenvalue weighted by molar-refractivity contribution is 0.651. The molecule has 2 N–H and O–H groups in total. The summed E-state index contributed by atoms with van der Waals surface area (Å²) in [5, 5.41) is 12.0. The van der Waals surface area contributed by atoms with Gasteiger partial charge in [-0.2, -0.15) is 0 Å². The van der Waals surface area contributed by atoms with Gasteiger partial charge in [0.1, 0.15) is 0 Å². The molecule has 1 heterocycles. The standard InChI is InChI=1S/C15H14BrN5/c1-10-8-12(17)6-7-13(10)15-18-19-20-21(15)9-11-4-2-3-5-14(11)16/h2-8H,9,17H2,1H3. The molecule has 0 amide bonds. The van der Waals surface area contributed by atoms with Crippen LogP contribution in [0.2, 0.25) is 0 Å². The number of nitrogen functional groups attached to an aromatic ring is 1. The van der Waals surface area contributed by atoms with Crippen molar-refractivity contribution in [3.8, 4) is 11.4 Å². The van der Waals surface area contributed by atoms with Gasteiger partial charge in [0, 0.05) is 15.7 Å². The SMILES string of the molecule is Cc1cc(N)ccc1-c1nnnn1Cc1ccccc1Br. The Balaban J connectivity index is 2.00. The van der Waals surface area contributed by atoms with Crippen LogP contribution >= 0.6 is 15.9 Å². The quantitative estimate of drug-likeness (QED) is 0.742. The second kappa shape index (κ2) is 5.65. The van der Waals surface area contributed by atoms with Gasteiger partial charge in [0.25, 0.3) is 0 Å². The first-order chi connectivity index (χ1) is 10.1. The van der Waals surface area contributed by atoms with Gasteiger partial charge < -0.3 is 5.73 Å². The van der Waals surface area contributed by atoms with Crippen molar-refractivity contribution in [3.63, 3.8) is 0 Å². The highest BCUT2D eigenvalue weighted by Crippen LogP contribution is 2.24. The predicted octanol–water partition coefficient (Wildman–Crippen LogP) is 3.04. The minimum atomic E-state index is 0.605. The number of aromatic nitrogens is 4. The molecule has 0 aliphatic heterocycles. The molecule has 0 unspecified atom stereocenters. The molecule has 0 bridgehead atoms. The number of halogens is 1. The van der Waals surface area contributed by atoms with Crippen molar-refractivity contribution in [3.05, 3.63) is 58.1 Å². The Kier molecular flexibility index (Phi) is 3.70. The number of tetrazole rings is 1. The highest BCUT2D eigenvalue weighted by Gasteiger charge is 2.12. The van der Waals surface area contributed by atoms with E-state index in [2.05, 4.69) is 31.5 Å². The zero-order valence-corrected chi connectivity index (χ0v) is 13.1. The predicted molar refractivity (Wildman–Crippen MR) is 85.6 cm³/mol. The van der Waals surface area contributed by atoms with Gasteiger partial charge in [-0.3, -0.25) is 0 Å². The van der Waals surface area contributed by atoms with Gasteiger partial charge in [0.05, 0.1) is 6.54 Å². The third-order valence-electron chi connectivity index (χ3n) is 3.30. The fourth-order valence-corrected chi connectivity index (χ4v) is 2.64. The molecule has 0 aliphatic carbocycles. The van der Waals surface area contributed by atoms with Crippen molar-refractivity contribution in [2.45, 2.75) is 13.5 Å². The maximum absolute atomic E-state index is 5.80. The van der Waals surface area contributed by atoms with E-state index in [1.54, 1.807) is 4.68 Å². The largest absolute Gasteiger partial charge is 0.399 e. The van der Waals surface area contributed by atoms with E-state index in [1.807, 2.05) is 49.4 Å². The van der Waals surface area contributed by atoms with Gasteiger partial charge in [-0.1, -0.05) is 34.1 Å². The van der Waals surface area contributed by atoms with Crippen molar-refractivity contribution < 1.29 is 0 Å². The minimum Gasteiger partial charge on any atom is -0.399 e. The highest BCUT2D eigenvalue weighted by atomic mass is 79.9. The van der Waals surface area contributed by atoms with Crippen molar-refractivity contribution in [2.75, 3.05) is 5.73 Å². The summed E-state index contributed by atoms with van der Waals surface area (Å²) in [6.45, 7) is 2.61. The number of hydrogen-bond donors (Lipinski definition) is 1. The second-order valence-electron chi connectivity index (χ2n) is 4.83. The number of anilines is 1. The summed E-state index contributed by atoms with van der Waals surface area (Å²) in [5.41, 5.74) is 9.70. The van der Waals surface area contributed by atoms with Crippen LogP contribution < -0.4 is 5.73 Å². The van der Waals surface area contributed by atoms with Gasteiger partial charge in [-0.15, -0.1) is 5.10 Å². The highest BCUT2D eigenvalue weighted by molar-refractivity contribution is 9.10. The van der Waals surface area contributed by atoms with Crippen LogP contribution in [0.15, 0.2) is 46.9 Å². The average molecular weight is 344 g/mol. The van der Waals surface area contributed by atoms with E-state index in [0.717, 1.165) is 32.7 Å². The lowest BCUT2D eigenvalue weighted by Gasteiger charge is -2.09. The van der Waals surface area contributed by atoms with E-state index >= 15 is 0 Å². The Morgan fingerprint density at radius 2 is 2.00 bits per heavy atom. The monoisotopic (exact) mass is 343 g/mol. The van der Waals surface area contributed by atoms with Crippen molar-refractivity contribution in [1.29, 1.82) is 0 Å². The summed E-state index contributed by atoms with van der Waals surface area (Å²) in [6, 6.07) is 13.8. The van der Waals surface area contributed by atoms with Gasteiger partial charge in [-0.05, 0) is 52.7 Å². The van der Waals surface area contributed by atoms with Crippen LogP contribution in [0.4, 0.5) is 5.69 Å². The molecule has 0 atom stereocenters. The number of benzene rings is 2. The van der Waals surface area contributed by atoms with Gasteiger partial charge >= 0.3 is 0 Å². The maximum atomic E-state index is 5.80. The van der Waals surface area contributed by atoms with E-state index < -0.39 is 0 Å². The lowest BCUT2D eigenvalue weighted by atomic mass is 10.1. The van der Waals surface area contributed by atoms with E-state index in [9.17, 15) is 0 Å². The van der Waals surface area contributed by atoms with E-state index in [-0.39, 0.29) is 0 Å². The van der Waals surface area contributed by atoms with Crippen LogP contribution in [0.1, 0.15) is 11.1 Å². The van der Waals surface area contributed by atoms with Gasteiger partial charge in [0.2, 0.25) is 0 Å². The zero-order chi connectivity index (χ0) is 14.8. The molecule has 21 heavy (non-hydrogen) atoms. The molecule has 106 valence electrons. The number of aryl methyl sites for hydroxylation is 1. The molecule has 1 aromatic heterocycles. The Bertz CT molecular complexity index is 781. The molecule has 0 saturated carbocycles. The topological polar surface area (TPSA) is 69.6 Å². The molecule has 3 aromatic rings. The average Bonchev–Trinajstić information content (AvgIpc) is 2.89. The second-order valence-corrected chi connectivity index (χ2v) is 5.68. The normalized spacial score (nSPS) is 10.8. The summed E-state index contributed by atoms with van der Waals surface area (Å²) in [5.74, 6) is 0.739. The molecule has 5 nitrogen and oxygen atoms in total. The Hall–Kier alpha value is -2.21. The Morgan fingerprint density at radius 1 is 1.19 bits per heavy atom. The van der Waals surface area contributed by atoms with Crippen LogP contribution in [0.25, 0.3) is 11.4 Å². The molecule has 2 aromatic carbocycles. The molecule has 0 fully saturated rings. The summed E-state index contributed by atoms with van der Waals surface area (Å²) in [6.07, 6.45) is 0. The molecule has 3 rings (SSSR count). The Labute approximate surface area is 130 Å². The molecule has 0 spiro atoms. The first kappa shape index (κ1) is 13.8. The van der Waals surface area contributed by atoms with Crippen LogP contribution in [0.3, 0.4) is 0 Å². The number of rotatable bonds is 3. The molecule has 0 radical (unpaired) electrons. The van der Waals surface area contributed by atoms with E-state index in [1.165, 1.54) is 0 Å². The number of nitrogens with zero attached hydrogens (tertiary/aromatic N) is 4. The van der Waals surface area contributed by atoms with Gasteiger partial charge in [0.15, 0.2) is 5.82 Å². The first-order valence-corrected chi connectivity index (χ1v) is 7.30.